The smallest absolute Gasteiger partial charge is 0.254 e. The van der Waals surface area contributed by atoms with E-state index in [0.717, 1.165) is 56.9 Å². The van der Waals surface area contributed by atoms with E-state index in [1.54, 1.807) is 30.6 Å². The molecule has 3 aromatic rings. The minimum Gasteiger partial charge on any atom is -0.369 e. The summed E-state index contributed by atoms with van der Waals surface area (Å²) in [6.07, 6.45) is 14.1. The Balaban J connectivity index is 1.44. The molecule has 2 heterocycles. The molecule has 0 aliphatic heterocycles. The van der Waals surface area contributed by atoms with Crippen molar-refractivity contribution in [2.24, 2.45) is 17.6 Å². The summed E-state index contributed by atoms with van der Waals surface area (Å²) in [5.74, 6) is 0.717. The maximum absolute atomic E-state index is 13.7. The van der Waals surface area contributed by atoms with Gasteiger partial charge in [0.05, 0.1) is 17.5 Å². The number of benzene rings is 1. The summed E-state index contributed by atoms with van der Waals surface area (Å²) in [5.41, 5.74) is 8.33. The van der Waals surface area contributed by atoms with Crippen LogP contribution in [0.1, 0.15) is 84.3 Å². The van der Waals surface area contributed by atoms with Gasteiger partial charge in [-0.05, 0) is 74.8 Å². The molecule has 0 saturated heterocycles. The number of aromatic nitrogens is 3. The molecule has 1 aromatic carbocycles. The molecule has 2 saturated carbocycles. The molecule has 2 aliphatic carbocycles. The Bertz CT molecular complexity index is 1370. The normalized spacial score (nSPS) is 19.8. The van der Waals surface area contributed by atoms with Crippen molar-refractivity contribution in [2.75, 3.05) is 6.54 Å². The van der Waals surface area contributed by atoms with Gasteiger partial charge in [0.15, 0.2) is 5.78 Å². The van der Waals surface area contributed by atoms with Crippen LogP contribution in [0.2, 0.25) is 0 Å². The number of primary amides is 1. The van der Waals surface area contributed by atoms with Crippen LogP contribution in [0.4, 0.5) is 0 Å². The Morgan fingerprint density at radius 3 is 2.48 bits per heavy atom. The summed E-state index contributed by atoms with van der Waals surface area (Å²) in [6, 6.07) is 9.48. The molecule has 2 aliphatic rings. The van der Waals surface area contributed by atoms with Crippen LogP contribution in [0.5, 0.6) is 0 Å². The summed E-state index contributed by atoms with van der Waals surface area (Å²) in [5, 5.41) is 0. The number of imidazole rings is 1. The van der Waals surface area contributed by atoms with E-state index in [4.69, 9.17) is 10.7 Å². The first-order valence-corrected chi connectivity index (χ1v) is 14.6. The highest BCUT2D eigenvalue weighted by atomic mass is 16.2. The topological polar surface area (TPSA) is 111 Å². The zero-order chi connectivity index (χ0) is 28.1. The molecule has 0 atom stereocenters. The molecule has 2 aromatic heterocycles. The van der Waals surface area contributed by atoms with Gasteiger partial charge < -0.3 is 15.2 Å². The SMILES string of the molecule is C=CCN(C(=O)c1ccc2c(c1)nc(CC(=O)c1cccnc1)n2CC1CCC(C(N)=O)CC1)C1CCCCC1. The van der Waals surface area contributed by atoms with E-state index in [2.05, 4.69) is 16.1 Å². The van der Waals surface area contributed by atoms with Crippen LogP contribution in [-0.4, -0.2) is 49.6 Å². The highest BCUT2D eigenvalue weighted by Crippen LogP contribution is 2.32. The Labute approximate surface area is 235 Å². The number of amides is 2. The van der Waals surface area contributed by atoms with E-state index in [9.17, 15) is 14.4 Å². The van der Waals surface area contributed by atoms with Gasteiger partial charge in [-0.15, -0.1) is 6.58 Å². The Hall–Kier alpha value is -3.81. The highest BCUT2D eigenvalue weighted by molar-refractivity contribution is 5.99. The average molecular weight is 542 g/mol. The van der Waals surface area contributed by atoms with E-state index in [-0.39, 0.29) is 36.0 Å². The predicted molar refractivity (Wildman–Crippen MR) is 155 cm³/mol. The van der Waals surface area contributed by atoms with Crippen LogP contribution in [0.15, 0.2) is 55.4 Å². The first-order chi connectivity index (χ1) is 19.4. The molecule has 5 rings (SSSR count). The Morgan fingerprint density at radius 1 is 1.02 bits per heavy atom. The second kappa shape index (κ2) is 12.6. The number of fused-ring (bicyclic) bond motifs is 1. The first-order valence-electron chi connectivity index (χ1n) is 14.6. The van der Waals surface area contributed by atoms with Crippen molar-refractivity contribution in [1.82, 2.24) is 19.4 Å². The fraction of sp³-hybridized carbons (Fsp3) is 0.469. The van der Waals surface area contributed by atoms with Gasteiger partial charge in [0, 0.05) is 48.6 Å². The molecule has 0 unspecified atom stereocenters. The lowest BCUT2D eigenvalue weighted by Gasteiger charge is -2.33. The molecule has 0 spiro atoms. The van der Waals surface area contributed by atoms with Crippen molar-refractivity contribution in [3.8, 4) is 0 Å². The largest absolute Gasteiger partial charge is 0.369 e. The summed E-state index contributed by atoms with van der Waals surface area (Å²) < 4.78 is 2.13. The minimum absolute atomic E-state index is 0.000936. The van der Waals surface area contributed by atoms with Gasteiger partial charge >= 0.3 is 0 Å². The molecular weight excluding hydrogens is 502 g/mol. The van der Waals surface area contributed by atoms with Crippen LogP contribution in [-0.2, 0) is 17.8 Å². The highest BCUT2D eigenvalue weighted by Gasteiger charge is 2.28. The maximum Gasteiger partial charge on any atom is 0.254 e. The number of ketones is 1. The van der Waals surface area contributed by atoms with Crippen LogP contribution < -0.4 is 5.73 Å². The van der Waals surface area contributed by atoms with Gasteiger partial charge in [-0.25, -0.2) is 4.98 Å². The average Bonchev–Trinajstić information content (AvgIpc) is 3.32. The predicted octanol–water partition coefficient (Wildman–Crippen LogP) is 5.11. The number of nitrogens with two attached hydrogens (primary N) is 1. The van der Waals surface area contributed by atoms with Crippen molar-refractivity contribution >= 4 is 28.6 Å². The molecule has 210 valence electrons. The quantitative estimate of drug-likeness (QED) is 0.283. The maximum atomic E-state index is 13.7. The zero-order valence-electron chi connectivity index (χ0n) is 23.1. The molecule has 8 heteroatoms. The molecule has 0 bridgehead atoms. The van der Waals surface area contributed by atoms with Crippen molar-refractivity contribution in [1.29, 1.82) is 0 Å². The summed E-state index contributed by atoms with van der Waals surface area (Å²) in [4.78, 5) is 49.4. The molecule has 2 N–H and O–H groups in total. The van der Waals surface area contributed by atoms with Gasteiger partial charge in [0.2, 0.25) is 5.91 Å². The van der Waals surface area contributed by atoms with Crippen LogP contribution in [0, 0.1) is 11.8 Å². The second-order valence-electron chi connectivity index (χ2n) is 11.3. The molecule has 40 heavy (non-hydrogen) atoms. The summed E-state index contributed by atoms with van der Waals surface area (Å²) in [7, 11) is 0. The van der Waals surface area contributed by atoms with Gasteiger partial charge in [-0.2, -0.15) is 0 Å². The number of rotatable bonds is 10. The van der Waals surface area contributed by atoms with E-state index in [0.29, 0.717) is 41.5 Å². The fourth-order valence-electron chi connectivity index (χ4n) is 6.41. The Morgan fingerprint density at radius 2 is 1.80 bits per heavy atom. The number of carbonyl (C=O) groups is 3. The number of hydrogen-bond acceptors (Lipinski definition) is 5. The lowest BCUT2D eigenvalue weighted by Crippen LogP contribution is -2.41. The second-order valence-corrected chi connectivity index (χ2v) is 11.3. The van der Waals surface area contributed by atoms with Gasteiger partial charge in [0.25, 0.3) is 5.91 Å². The number of carbonyl (C=O) groups excluding carboxylic acids is 3. The molecule has 0 radical (unpaired) electrons. The number of nitrogens with zero attached hydrogens (tertiary/aromatic N) is 4. The third kappa shape index (κ3) is 6.16. The van der Waals surface area contributed by atoms with Crippen molar-refractivity contribution < 1.29 is 14.4 Å². The minimum atomic E-state index is -0.217. The van der Waals surface area contributed by atoms with Crippen LogP contribution in [0.3, 0.4) is 0 Å². The van der Waals surface area contributed by atoms with Gasteiger partial charge in [-0.1, -0.05) is 25.3 Å². The zero-order valence-corrected chi connectivity index (χ0v) is 23.1. The first kappa shape index (κ1) is 27.7. The number of pyridine rings is 1. The van der Waals surface area contributed by atoms with E-state index < -0.39 is 0 Å². The molecule has 2 fully saturated rings. The van der Waals surface area contributed by atoms with E-state index >= 15 is 0 Å². The fourth-order valence-corrected chi connectivity index (χ4v) is 6.41. The number of Topliss-reactive ketones (excluding diaryl/α,β-unsaturated/α-hetero) is 1. The van der Waals surface area contributed by atoms with Crippen molar-refractivity contribution in [3.63, 3.8) is 0 Å². The van der Waals surface area contributed by atoms with Crippen LogP contribution in [0.25, 0.3) is 11.0 Å². The van der Waals surface area contributed by atoms with E-state index in [1.165, 1.54) is 6.42 Å². The monoisotopic (exact) mass is 541 g/mol. The summed E-state index contributed by atoms with van der Waals surface area (Å²) >= 11 is 0. The third-order valence-electron chi connectivity index (χ3n) is 8.67. The molecule has 8 nitrogen and oxygen atoms in total. The van der Waals surface area contributed by atoms with Gasteiger partial charge in [0.1, 0.15) is 5.82 Å². The standard InChI is InChI=1S/C32H39N5O3/c1-2-17-36(26-8-4-3-5-9-26)32(40)24-14-15-28-27(18-24)35-30(19-29(38)25-7-6-16-34-20-25)37(28)21-22-10-12-23(13-11-22)31(33)39/h2,6-7,14-16,18,20,22-23,26H,1,3-5,8-13,17,19,21H2,(H2,33,39). The lowest BCUT2D eigenvalue weighted by atomic mass is 9.81. The van der Waals surface area contributed by atoms with Gasteiger partial charge in [-0.3, -0.25) is 19.4 Å². The Kier molecular flexibility index (Phi) is 8.72. The van der Waals surface area contributed by atoms with Crippen molar-refractivity contribution in [2.45, 2.75) is 76.8 Å². The lowest BCUT2D eigenvalue weighted by molar-refractivity contribution is -0.123. The summed E-state index contributed by atoms with van der Waals surface area (Å²) in [6.45, 7) is 5.11. The van der Waals surface area contributed by atoms with Crippen molar-refractivity contribution in [3.05, 3.63) is 72.3 Å². The molecule has 2 amide bonds. The van der Waals surface area contributed by atoms with Crippen LogP contribution >= 0.6 is 0 Å². The third-order valence-corrected chi connectivity index (χ3v) is 8.67. The van der Waals surface area contributed by atoms with E-state index in [1.807, 2.05) is 23.1 Å². The number of hydrogen-bond donors (Lipinski definition) is 1. The molecular formula is C32H39N5O3.